The fourth-order valence-corrected chi connectivity index (χ4v) is 4.65. The van der Waals surface area contributed by atoms with E-state index in [4.69, 9.17) is 4.74 Å². The van der Waals surface area contributed by atoms with Crippen molar-refractivity contribution in [3.05, 3.63) is 83.4 Å². The topological polar surface area (TPSA) is 113 Å². The molecule has 2 N–H and O–H groups in total. The predicted octanol–water partition coefficient (Wildman–Crippen LogP) is 3.84. The van der Waals surface area contributed by atoms with Crippen LogP contribution in [0, 0.1) is 13.8 Å². The van der Waals surface area contributed by atoms with Crippen molar-refractivity contribution in [2.45, 2.75) is 18.7 Å². The zero-order chi connectivity index (χ0) is 24.2. The number of amides is 1. The number of rotatable bonds is 8. The van der Waals surface area contributed by atoms with Crippen LogP contribution >= 0.6 is 0 Å². The summed E-state index contributed by atoms with van der Waals surface area (Å²) in [6.45, 7) is 3.04. The van der Waals surface area contributed by atoms with Crippen LogP contribution in [0.3, 0.4) is 0 Å². The first-order valence-electron chi connectivity index (χ1n) is 9.99. The largest absolute Gasteiger partial charge is 0.495 e. The molecule has 0 aliphatic carbocycles. The number of hydrogen-bond acceptors (Lipinski definition) is 5. The molecule has 33 heavy (non-hydrogen) atoms. The van der Waals surface area contributed by atoms with Crippen molar-refractivity contribution in [1.29, 1.82) is 0 Å². The van der Waals surface area contributed by atoms with Gasteiger partial charge in [-0.3, -0.25) is 9.10 Å². The number of ether oxygens (including phenoxy) is 1. The summed E-state index contributed by atoms with van der Waals surface area (Å²) < 4.78 is 33.5. The van der Waals surface area contributed by atoms with Crippen molar-refractivity contribution in [3.63, 3.8) is 0 Å². The lowest BCUT2D eigenvalue weighted by Crippen LogP contribution is -2.38. The normalized spacial score (nSPS) is 11.0. The van der Waals surface area contributed by atoms with Gasteiger partial charge in [-0.25, -0.2) is 13.2 Å². The van der Waals surface area contributed by atoms with Gasteiger partial charge in [0.05, 0.1) is 28.9 Å². The van der Waals surface area contributed by atoms with Crippen LogP contribution in [0.25, 0.3) is 0 Å². The molecule has 0 radical (unpaired) electrons. The maximum Gasteiger partial charge on any atom is 0.337 e. The van der Waals surface area contributed by atoms with Crippen molar-refractivity contribution in [3.8, 4) is 5.75 Å². The molecule has 8 nitrogen and oxygen atoms in total. The van der Waals surface area contributed by atoms with E-state index < -0.39 is 28.4 Å². The fraction of sp³-hybridized carbons (Fsp3) is 0.167. The molecule has 0 atom stereocenters. The van der Waals surface area contributed by atoms with E-state index in [0.717, 1.165) is 15.4 Å². The number of nitrogens with one attached hydrogen (secondary N) is 1. The number of carbonyl (C=O) groups excluding carboxylic acids is 1. The third-order valence-corrected chi connectivity index (χ3v) is 6.70. The molecule has 0 aliphatic heterocycles. The van der Waals surface area contributed by atoms with Gasteiger partial charge in [0.2, 0.25) is 5.91 Å². The maximum absolute atomic E-state index is 13.6. The summed E-state index contributed by atoms with van der Waals surface area (Å²) in [6, 6.07) is 17.2. The minimum Gasteiger partial charge on any atom is -0.495 e. The molecule has 0 bridgehead atoms. The number of aryl methyl sites for hydroxylation is 2. The molecule has 172 valence electrons. The number of anilines is 2. The third-order valence-electron chi connectivity index (χ3n) is 4.93. The quantitative estimate of drug-likeness (QED) is 0.519. The Hall–Kier alpha value is -3.85. The van der Waals surface area contributed by atoms with Crippen LogP contribution < -0.4 is 14.4 Å². The second kappa shape index (κ2) is 9.74. The Labute approximate surface area is 192 Å². The molecule has 0 saturated carbocycles. The minimum atomic E-state index is -4.16. The first-order chi connectivity index (χ1) is 15.6. The zero-order valence-electron chi connectivity index (χ0n) is 18.4. The Morgan fingerprint density at radius 1 is 0.970 bits per heavy atom. The number of hydrogen-bond donors (Lipinski definition) is 2. The molecule has 0 aliphatic rings. The van der Waals surface area contributed by atoms with Gasteiger partial charge < -0.3 is 15.2 Å². The number of nitrogens with zero attached hydrogens (tertiary/aromatic N) is 1. The van der Waals surface area contributed by atoms with Crippen LogP contribution in [0.15, 0.2) is 71.6 Å². The highest BCUT2D eigenvalue weighted by Gasteiger charge is 2.30. The van der Waals surface area contributed by atoms with Crippen LogP contribution in [0.2, 0.25) is 0 Å². The third kappa shape index (κ3) is 5.32. The Morgan fingerprint density at radius 3 is 2.24 bits per heavy atom. The molecule has 0 unspecified atom stereocenters. The van der Waals surface area contributed by atoms with Gasteiger partial charge in [0, 0.05) is 0 Å². The predicted molar refractivity (Wildman–Crippen MR) is 125 cm³/mol. The van der Waals surface area contributed by atoms with Crippen molar-refractivity contribution in [2.75, 3.05) is 23.3 Å². The van der Waals surface area contributed by atoms with Crippen LogP contribution in [-0.4, -0.2) is 39.1 Å². The average Bonchev–Trinajstić information content (AvgIpc) is 2.78. The number of sulfonamides is 1. The second-order valence-electron chi connectivity index (χ2n) is 7.40. The summed E-state index contributed by atoms with van der Waals surface area (Å²) in [7, 11) is -2.75. The summed E-state index contributed by atoms with van der Waals surface area (Å²) in [5.74, 6) is -1.65. The van der Waals surface area contributed by atoms with Gasteiger partial charge in [0.15, 0.2) is 0 Å². The summed E-state index contributed by atoms with van der Waals surface area (Å²) >= 11 is 0. The molecule has 3 rings (SSSR count). The highest BCUT2D eigenvalue weighted by atomic mass is 32.2. The SMILES string of the molecule is COc1ccc(C)cc1N(CC(=O)Nc1ccccc1C(=O)O)S(=O)(=O)c1ccc(C)cc1. The van der Waals surface area contributed by atoms with E-state index in [2.05, 4.69) is 5.32 Å². The molecule has 0 spiro atoms. The van der Waals surface area contributed by atoms with E-state index in [-0.39, 0.29) is 27.6 Å². The van der Waals surface area contributed by atoms with E-state index in [1.54, 1.807) is 43.3 Å². The van der Waals surface area contributed by atoms with E-state index in [9.17, 15) is 23.1 Å². The van der Waals surface area contributed by atoms with E-state index in [0.29, 0.717) is 0 Å². The van der Waals surface area contributed by atoms with Gasteiger partial charge in [-0.1, -0.05) is 35.9 Å². The first-order valence-corrected chi connectivity index (χ1v) is 11.4. The molecular weight excluding hydrogens is 444 g/mol. The maximum atomic E-state index is 13.6. The molecule has 0 saturated heterocycles. The van der Waals surface area contributed by atoms with Crippen LogP contribution in [-0.2, 0) is 14.8 Å². The smallest absolute Gasteiger partial charge is 0.337 e. The van der Waals surface area contributed by atoms with Crippen LogP contribution in [0.1, 0.15) is 21.5 Å². The molecule has 1 amide bonds. The van der Waals surface area contributed by atoms with E-state index in [1.807, 2.05) is 6.92 Å². The Bertz CT molecular complexity index is 1290. The van der Waals surface area contributed by atoms with Gasteiger partial charge in [-0.2, -0.15) is 0 Å². The van der Waals surface area contributed by atoms with Crippen molar-refractivity contribution in [2.24, 2.45) is 0 Å². The van der Waals surface area contributed by atoms with Crippen molar-refractivity contribution >= 4 is 33.3 Å². The molecule has 3 aromatic carbocycles. The standard InChI is InChI=1S/C24H24N2O6S/c1-16-8-11-18(12-9-16)33(30,31)26(21-14-17(2)10-13-22(21)32-3)15-23(27)25-20-7-5-4-6-19(20)24(28)29/h4-14H,15H2,1-3H3,(H,25,27)(H,28,29). The number of carboxylic acids is 1. The highest BCUT2D eigenvalue weighted by Crippen LogP contribution is 2.33. The van der Waals surface area contributed by atoms with Gasteiger partial charge in [0.1, 0.15) is 12.3 Å². The summed E-state index contributed by atoms with van der Waals surface area (Å²) in [6.07, 6.45) is 0. The van der Waals surface area contributed by atoms with Crippen LogP contribution in [0.4, 0.5) is 11.4 Å². The Morgan fingerprint density at radius 2 is 1.61 bits per heavy atom. The number of carboxylic acid groups (broad SMARTS) is 1. The van der Waals surface area contributed by atoms with E-state index in [1.165, 1.54) is 37.4 Å². The number of para-hydroxylation sites is 1. The number of benzene rings is 3. The summed E-state index contributed by atoms with van der Waals surface area (Å²) in [5.41, 5.74) is 1.81. The lowest BCUT2D eigenvalue weighted by atomic mass is 10.2. The summed E-state index contributed by atoms with van der Waals surface area (Å²) in [4.78, 5) is 24.4. The minimum absolute atomic E-state index is 0.00963. The summed E-state index contributed by atoms with van der Waals surface area (Å²) in [5, 5.41) is 11.9. The van der Waals surface area contributed by atoms with E-state index >= 15 is 0 Å². The van der Waals surface area contributed by atoms with Crippen molar-refractivity contribution in [1.82, 2.24) is 0 Å². The van der Waals surface area contributed by atoms with Gasteiger partial charge in [0.25, 0.3) is 10.0 Å². The number of methoxy groups -OCH3 is 1. The zero-order valence-corrected chi connectivity index (χ0v) is 19.2. The Kier molecular flexibility index (Phi) is 7.03. The first kappa shape index (κ1) is 23.8. The van der Waals surface area contributed by atoms with Gasteiger partial charge in [-0.05, 0) is 55.8 Å². The second-order valence-corrected chi connectivity index (χ2v) is 9.26. The average molecular weight is 469 g/mol. The fourth-order valence-electron chi connectivity index (χ4n) is 3.23. The molecule has 0 heterocycles. The highest BCUT2D eigenvalue weighted by molar-refractivity contribution is 7.92. The monoisotopic (exact) mass is 468 g/mol. The molecule has 9 heteroatoms. The van der Waals surface area contributed by atoms with Crippen LogP contribution in [0.5, 0.6) is 5.75 Å². The molecule has 0 fully saturated rings. The number of aromatic carboxylic acids is 1. The lowest BCUT2D eigenvalue weighted by molar-refractivity contribution is -0.114. The lowest BCUT2D eigenvalue weighted by Gasteiger charge is -2.26. The van der Waals surface area contributed by atoms with Gasteiger partial charge in [-0.15, -0.1) is 0 Å². The Balaban J connectivity index is 2.05. The number of carbonyl (C=O) groups is 2. The van der Waals surface area contributed by atoms with Crippen molar-refractivity contribution < 1.29 is 27.9 Å². The molecule has 0 aromatic heterocycles. The van der Waals surface area contributed by atoms with Gasteiger partial charge >= 0.3 is 5.97 Å². The molecular formula is C24H24N2O6S. The molecule has 3 aromatic rings.